The molecule has 0 radical (unpaired) electrons. The molecule has 0 aliphatic heterocycles. The zero-order valence-electron chi connectivity index (χ0n) is 22.1. The Bertz CT molecular complexity index is 1820. The average molecular weight is 500 g/mol. The maximum absolute atomic E-state index is 2.46. The number of rotatable bonds is 3. The van der Waals surface area contributed by atoms with Gasteiger partial charge in [-0.15, -0.1) is 0 Å². The van der Waals surface area contributed by atoms with Crippen molar-refractivity contribution in [1.82, 2.24) is 0 Å². The second kappa shape index (κ2) is 8.44. The topological polar surface area (TPSA) is 3.24 Å². The zero-order valence-corrected chi connectivity index (χ0v) is 22.1. The fourth-order valence-electron chi connectivity index (χ4n) is 7.07. The van der Waals surface area contributed by atoms with E-state index in [0.29, 0.717) is 0 Å². The highest BCUT2D eigenvalue weighted by molar-refractivity contribution is 5.88. The second-order valence-corrected chi connectivity index (χ2v) is 11.2. The molecule has 0 fully saturated rings. The summed E-state index contributed by atoms with van der Waals surface area (Å²) in [6.45, 7) is 0. The third-order valence-corrected chi connectivity index (χ3v) is 9.05. The van der Waals surface area contributed by atoms with E-state index in [0.717, 1.165) is 12.8 Å². The number of nitrogens with zero attached hydrogens (tertiary/aromatic N) is 1. The van der Waals surface area contributed by atoms with Crippen LogP contribution in [0.2, 0.25) is 0 Å². The van der Waals surface area contributed by atoms with Gasteiger partial charge in [0.2, 0.25) is 0 Å². The number of fused-ring (bicyclic) bond motifs is 7. The molecule has 0 atom stereocenters. The lowest BCUT2D eigenvalue weighted by Gasteiger charge is -2.28. The van der Waals surface area contributed by atoms with Crippen LogP contribution in [0.5, 0.6) is 0 Å². The van der Waals surface area contributed by atoms with Gasteiger partial charge >= 0.3 is 0 Å². The fourth-order valence-corrected chi connectivity index (χ4v) is 7.07. The summed E-state index contributed by atoms with van der Waals surface area (Å²) in [7, 11) is 2.18. The van der Waals surface area contributed by atoms with Crippen LogP contribution in [0, 0.1) is 0 Å². The van der Waals surface area contributed by atoms with E-state index in [2.05, 4.69) is 145 Å². The highest BCUT2D eigenvalue weighted by Crippen LogP contribution is 2.56. The Balaban J connectivity index is 1.21. The third kappa shape index (κ3) is 3.40. The van der Waals surface area contributed by atoms with Gasteiger partial charge in [0.05, 0.1) is 0 Å². The van der Waals surface area contributed by atoms with Crippen molar-refractivity contribution in [2.75, 3.05) is 11.9 Å². The fraction of sp³-hybridized carbons (Fsp3) is 0.105. The first-order chi connectivity index (χ1) is 19.2. The van der Waals surface area contributed by atoms with Crippen LogP contribution in [0.3, 0.4) is 0 Å². The van der Waals surface area contributed by atoms with Gasteiger partial charge in [-0.1, -0.05) is 109 Å². The molecular weight excluding hydrogens is 470 g/mol. The first-order valence-corrected chi connectivity index (χ1v) is 13.8. The van der Waals surface area contributed by atoms with E-state index in [-0.39, 0.29) is 5.41 Å². The molecule has 0 N–H and O–H groups in total. The normalized spacial score (nSPS) is 14.3. The van der Waals surface area contributed by atoms with Crippen molar-refractivity contribution < 1.29 is 0 Å². The molecule has 39 heavy (non-hydrogen) atoms. The number of hydrogen-bond acceptors (Lipinski definition) is 1. The van der Waals surface area contributed by atoms with Crippen molar-refractivity contribution in [3.05, 3.63) is 156 Å². The van der Waals surface area contributed by atoms with E-state index >= 15 is 0 Å². The van der Waals surface area contributed by atoms with Crippen molar-refractivity contribution in [3.63, 3.8) is 0 Å². The Kier molecular flexibility index (Phi) is 4.84. The number of anilines is 2. The van der Waals surface area contributed by atoms with Crippen molar-refractivity contribution in [2.45, 2.75) is 18.3 Å². The van der Waals surface area contributed by atoms with Crippen LogP contribution in [0.1, 0.15) is 22.3 Å². The molecule has 8 rings (SSSR count). The average Bonchev–Trinajstić information content (AvgIpc) is 3.51. The molecule has 2 aliphatic rings. The van der Waals surface area contributed by atoms with Gasteiger partial charge in [-0.2, -0.15) is 0 Å². The van der Waals surface area contributed by atoms with Gasteiger partial charge in [0, 0.05) is 23.8 Å². The molecule has 1 spiro atoms. The van der Waals surface area contributed by atoms with Crippen LogP contribution in [-0.4, -0.2) is 7.05 Å². The molecule has 0 bridgehead atoms. The molecule has 186 valence electrons. The van der Waals surface area contributed by atoms with Crippen molar-refractivity contribution in [3.8, 4) is 22.3 Å². The van der Waals surface area contributed by atoms with Crippen LogP contribution >= 0.6 is 0 Å². The molecule has 0 amide bonds. The smallest absolute Gasteiger partial charge is 0.0411 e. The van der Waals surface area contributed by atoms with Crippen molar-refractivity contribution >= 4 is 22.1 Å². The van der Waals surface area contributed by atoms with Crippen molar-refractivity contribution in [2.24, 2.45) is 0 Å². The van der Waals surface area contributed by atoms with Crippen LogP contribution in [-0.2, 0) is 18.3 Å². The van der Waals surface area contributed by atoms with Crippen LogP contribution < -0.4 is 4.90 Å². The molecule has 6 aromatic rings. The Labute approximate surface area is 230 Å². The predicted molar refractivity (Wildman–Crippen MR) is 164 cm³/mol. The van der Waals surface area contributed by atoms with E-state index in [1.807, 2.05) is 0 Å². The molecule has 2 aliphatic carbocycles. The third-order valence-electron chi connectivity index (χ3n) is 9.05. The van der Waals surface area contributed by atoms with Crippen LogP contribution in [0.4, 0.5) is 11.4 Å². The SMILES string of the molecule is CN(c1ccc(-c2ccccc2)cc1)c1ccc2c(c1)C1(Cc3cc4ccccc4cc3C1)c1ccccc1-2. The Hall–Kier alpha value is -4.62. The lowest BCUT2D eigenvalue weighted by molar-refractivity contribution is 0.564. The highest BCUT2D eigenvalue weighted by atomic mass is 15.1. The van der Waals surface area contributed by atoms with Crippen LogP contribution in [0.25, 0.3) is 33.0 Å². The molecule has 0 saturated carbocycles. The predicted octanol–water partition coefficient (Wildman–Crippen LogP) is 9.34. The Morgan fingerprint density at radius 3 is 1.77 bits per heavy atom. The van der Waals surface area contributed by atoms with Gasteiger partial charge in [-0.05, 0) is 92.4 Å². The maximum Gasteiger partial charge on any atom is 0.0411 e. The van der Waals surface area contributed by atoms with Crippen LogP contribution in [0.15, 0.2) is 133 Å². The molecule has 1 heteroatoms. The largest absolute Gasteiger partial charge is 0.345 e. The Morgan fingerprint density at radius 1 is 0.487 bits per heavy atom. The summed E-state index contributed by atoms with van der Waals surface area (Å²) in [5.74, 6) is 0. The first-order valence-electron chi connectivity index (χ1n) is 13.8. The molecule has 0 unspecified atom stereocenters. The molecule has 0 saturated heterocycles. The number of benzene rings is 6. The summed E-state index contributed by atoms with van der Waals surface area (Å²) in [6, 6.07) is 49.3. The van der Waals surface area contributed by atoms with Gasteiger partial charge < -0.3 is 4.90 Å². The molecule has 0 heterocycles. The standard InChI is InChI=1S/C38H29N/c1-39(32-17-15-27(16-18-32)26-9-3-2-4-10-26)33-19-20-35-34-13-7-8-14-36(34)38(37(35)23-33)24-30-21-28-11-5-6-12-29(28)22-31(30)25-38/h2-23H,24-25H2,1H3. The number of hydrogen-bond donors (Lipinski definition) is 0. The van der Waals surface area contributed by atoms with Gasteiger partial charge in [0.15, 0.2) is 0 Å². The summed E-state index contributed by atoms with van der Waals surface area (Å²) in [6.07, 6.45) is 2.10. The summed E-state index contributed by atoms with van der Waals surface area (Å²) in [4.78, 5) is 2.32. The molecule has 1 nitrogen and oxygen atoms in total. The summed E-state index contributed by atoms with van der Waals surface area (Å²) in [5, 5.41) is 2.68. The minimum Gasteiger partial charge on any atom is -0.345 e. The minimum absolute atomic E-state index is 0.0142. The molecule has 0 aromatic heterocycles. The summed E-state index contributed by atoms with van der Waals surface area (Å²) in [5.41, 5.74) is 13.6. The van der Waals surface area contributed by atoms with E-state index in [1.54, 1.807) is 0 Å². The minimum atomic E-state index is -0.0142. The van der Waals surface area contributed by atoms with E-state index in [4.69, 9.17) is 0 Å². The lowest BCUT2D eigenvalue weighted by Crippen LogP contribution is -2.26. The van der Waals surface area contributed by atoms with Gasteiger partial charge in [0.1, 0.15) is 0 Å². The quantitative estimate of drug-likeness (QED) is 0.234. The monoisotopic (exact) mass is 499 g/mol. The zero-order chi connectivity index (χ0) is 26.0. The van der Waals surface area contributed by atoms with Gasteiger partial charge in [0.25, 0.3) is 0 Å². The molecule has 6 aromatic carbocycles. The van der Waals surface area contributed by atoms with E-state index < -0.39 is 0 Å². The second-order valence-electron chi connectivity index (χ2n) is 11.2. The van der Waals surface area contributed by atoms with Gasteiger partial charge in [-0.3, -0.25) is 0 Å². The lowest BCUT2D eigenvalue weighted by atomic mass is 9.75. The maximum atomic E-state index is 2.46. The Morgan fingerprint density at radius 2 is 1.05 bits per heavy atom. The molecular formula is C38H29N. The summed E-state index contributed by atoms with van der Waals surface area (Å²) < 4.78 is 0. The van der Waals surface area contributed by atoms with E-state index in [9.17, 15) is 0 Å². The van der Waals surface area contributed by atoms with E-state index in [1.165, 1.54) is 66.7 Å². The highest BCUT2D eigenvalue weighted by Gasteiger charge is 2.47. The summed E-state index contributed by atoms with van der Waals surface area (Å²) >= 11 is 0. The van der Waals surface area contributed by atoms with Gasteiger partial charge in [-0.25, -0.2) is 0 Å². The van der Waals surface area contributed by atoms with Crippen molar-refractivity contribution in [1.29, 1.82) is 0 Å². The first kappa shape index (κ1) is 22.4.